The van der Waals surface area contributed by atoms with Crippen molar-refractivity contribution in [3.8, 4) is 6.07 Å². The summed E-state index contributed by atoms with van der Waals surface area (Å²) in [5, 5.41) is 12.1. The van der Waals surface area contributed by atoms with Crippen LogP contribution in [0, 0.1) is 17.2 Å². The monoisotopic (exact) mass is 244 g/mol. The predicted octanol–water partition coefficient (Wildman–Crippen LogP) is 1.38. The lowest BCUT2D eigenvalue weighted by molar-refractivity contribution is 0.176. The molecular weight excluding hydrogens is 224 g/mol. The average Bonchev–Trinajstić information content (AvgIpc) is 2.42. The normalized spacial score (nSPS) is 17.6. The third-order valence-corrected chi connectivity index (χ3v) is 3.55. The van der Waals surface area contributed by atoms with Crippen molar-refractivity contribution in [3.05, 3.63) is 29.6 Å². The van der Waals surface area contributed by atoms with Crippen LogP contribution < -0.4 is 5.32 Å². The van der Waals surface area contributed by atoms with Crippen molar-refractivity contribution in [2.75, 3.05) is 26.7 Å². The van der Waals surface area contributed by atoms with Crippen LogP contribution in [0.25, 0.3) is 0 Å². The Labute approximate surface area is 109 Å². The summed E-state index contributed by atoms with van der Waals surface area (Å²) in [7, 11) is 2.02. The number of piperidine rings is 1. The summed E-state index contributed by atoms with van der Waals surface area (Å²) < 4.78 is 0. The van der Waals surface area contributed by atoms with Crippen LogP contribution in [0.5, 0.6) is 0 Å². The molecule has 0 aromatic carbocycles. The van der Waals surface area contributed by atoms with E-state index in [1.165, 1.54) is 18.4 Å². The molecule has 1 aromatic heterocycles. The SMILES string of the molecule is CNCC1CCN(Cc2ccnc(C#N)c2)CC1. The average molecular weight is 244 g/mol. The number of nitrogens with one attached hydrogen (secondary N) is 1. The Balaban J connectivity index is 1.86. The van der Waals surface area contributed by atoms with Crippen LogP contribution in [0.2, 0.25) is 0 Å². The molecule has 0 atom stereocenters. The first-order chi connectivity index (χ1) is 8.81. The van der Waals surface area contributed by atoms with E-state index in [9.17, 15) is 0 Å². The van der Waals surface area contributed by atoms with Gasteiger partial charge in [-0.2, -0.15) is 5.26 Å². The van der Waals surface area contributed by atoms with Gasteiger partial charge in [-0.1, -0.05) is 0 Å². The zero-order valence-corrected chi connectivity index (χ0v) is 10.9. The highest BCUT2D eigenvalue weighted by Gasteiger charge is 2.18. The maximum Gasteiger partial charge on any atom is 0.140 e. The van der Waals surface area contributed by atoms with Crippen molar-refractivity contribution >= 4 is 0 Å². The van der Waals surface area contributed by atoms with E-state index in [0.717, 1.165) is 32.1 Å². The van der Waals surface area contributed by atoms with Gasteiger partial charge in [-0.3, -0.25) is 4.90 Å². The number of pyridine rings is 1. The second-order valence-electron chi connectivity index (χ2n) is 4.94. The third-order valence-electron chi connectivity index (χ3n) is 3.55. The minimum absolute atomic E-state index is 0.512. The van der Waals surface area contributed by atoms with Crippen molar-refractivity contribution in [1.82, 2.24) is 15.2 Å². The van der Waals surface area contributed by atoms with Crippen LogP contribution in [-0.2, 0) is 6.54 Å². The summed E-state index contributed by atoms with van der Waals surface area (Å²) in [5.74, 6) is 0.818. The van der Waals surface area contributed by atoms with Gasteiger partial charge in [-0.25, -0.2) is 4.98 Å². The van der Waals surface area contributed by atoms with Crippen molar-refractivity contribution in [2.24, 2.45) is 5.92 Å². The van der Waals surface area contributed by atoms with Crippen molar-refractivity contribution in [1.29, 1.82) is 5.26 Å². The van der Waals surface area contributed by atoms with Crippen molar-refractivity contribution in [3.63, 3.8) is 0 Å². The second kappa shape index (κ2) is 6.48. The van der Waals surface area contributed by atoms with Crippen LogP contribution in [0.4, 0.5) is 0 Å². The van der Waals surface area contributed by atoms with E-state index in [-0.39, 0.29) is 0 Å². The zero-order chi connectivity index (χ0) is 12.8. The Bertz CT molecular complexity index is 416. The van der Waals surface area contributed by atoms with Gasteiger partial charge in [0, 0.05) is 12.7 Å². The number of rotatable bonds is 4. The Morgan fingerprint density at radius 1 is 1.50 bits per heavy atom. The Morgan fingerprint density at radius 3 is 2.94 bits per heavy atom. The molecule has 0 radical (unpaired) electrons. The van der Waals surface area contributed by atoms with E-state index in [2.05, 4.69) is 21.3 Å². The molecule has 1 fully saturated rings. The van der Waals surface area contributed by atoms with Crippen LogP contribution in [-0.4, -0.2) is 36.6 Å². The number of nitriles is 1. The van der Waals surface area contributed by atoms with Gasteiger partial charge >= 0.3 is 0 Å². The first-order valence-electron chi connectivity index (χ1n) is 6.54. The summed E-state index contributed by atoms with van der Waals surface area (Å²) in [5.41, 5.74) is 1.70. The van der Waals surface area contributed by atoms with Crippen LogP contribution in [0.1, 0.15) is 24.1 Å². The summed E-state index contributed by atoms with van der Waals surface area (Å²) in [4.78, 5) is 6.46. The molecule has 0 amide bonds. The second-order valence-corrected chi connectivity index (χ2v) is 4.94. The molecule has 2 rings (SSSR count). The highest BCUT2D eigenvalue weighted by atomic mass is 15.1. The van der Waals surface area contributed by atoms with E-state index < -0.39 is 0 Å². The molecule has 0 bridgehead atoms. The van der Waals surface area contributed by atoms with E-state index in [1.807, 2.05) is 19.2 Å². The molecule has 96 valence electrons. The summed E-state index contributed by atoms with van der Waals surface area (Å²) in [6, 6.07) is 5.98. The van der Waals surface area contributed by atoms with Crippen molar-refractivity contribution < 1.29 is 0 Å². The third kappa shape index (κ3) is 3.52. The predicted molar refractivity (Wildman–Crippen MR) is 70.9 cm³/mol. The van der Waals surface area contributed by atoms with Crippen LogP contribution in [0.3, 0.4) is 0 Å². The maximum absolute atomic E-state index is 8.83. The first-order valence-corrected chi connectivity index (χ1v) is 6.54. The highest BCUT2D eigenvalue weighted by Crippen LogP contribution is 2.18. The summed E-state index contributed by atoms with van der Waals surface area (Å²) in [6.07, 6.45) is 4.25. The lowest BCUT2D eigenvalue weighted by atomic mass is 9.96. The first kappa shape index (κ1) is 13.0. The van der Waals surface area contributed by atoms with Gasteiger partial charge in [-0.15, -0.1) is 0 Å². The fourth-order valence-electron chi connectivity index (χ4n) is 2.53. The topological polar surface area (TPSA) is 52.0 Å². The molecule has 0 aliphatic carbocycles. The Kier molecular flexibility index (Phi) is 4.68. The molecule has 4 heteroatoms. The number of nitrogens with zero attached hydrogens (tertiary/aromatic N) is 3. The number of aromatic nitrogens is 1. The smallest absolute Gasteiger partial charge is 0.140 e. The van der Waals surface area contributed by atoms with E-state index in [1.54, 1.807) is 6.20 Å². The maximum atomic E-state index is 8.83. The Morgan fingerprint density at radius 2 is 2.28 bits per heavy atom. The molecule has 1 aliphatic heterocycles. The fourth-order valence-corrected chi connectivity index (χ4v) is 2.53. The molecule has 2 heterocycles. The fraction of sp³-hybridized carbons (Fsp3) is 0.571. The molecule has 0 unspecified atom stereocenters. The lowest BCUT2D eigenvalue weighted by Crippen LogP contribution is -2.36. The standard InChI is InChI=1S/C14H20N4/c1-16-10-12-3-6-18(7-4-12)11-13-2-5-17-14(8-13)9-15/h2,5,8,12,16H,3-4,6-7,10-11H2,1H3. The molecule has 1 N–H and O–H groups in total. The molecule has 1 aliphatic rings. The summed E-state index contributed by atoms with van der Waals surface area (Å²) in [6.45, 7) is 4.36. The van der Waals surface area contributed by atoms with Gasteiger partial charge in [0.05, 0.1) is 0 Å². The Hall–Kier alpha value is -1.44. The van der Waals surface area contributed by atoms with Crippen molar-refractivity contribution in [2.45, 2.75) is 19.4 Å². The van der Waals surface area contributed by atoms with Gasteiger partial charge in [0.2, 0.25) is 0 Å². The van der Waals surface area contributed by atoms with Gasteiger partial charge in [0.25, 0.3) is 0 Å². The van der Waals surface area contributed by atoms with Crippen LogP contribution in [0.15, 0.2) is 18.3 Å². The zero-order valence-electron chi connectivity index (χ0n) is 10.9. The van der Waals surface area contributed by atoms with Gasteiger partial charge in [-0.05, 0) is 63.1 Å². The molecular formula is C14H20N4. The van der Waals surface area contributed by atoms with Gasteiger partial charge in [0.15, 0.2) is 0 Å². The van der Waals surface area contributed by atoms with Crippen LogP contribution >= 0.6 is 0 Å². The molecule has 4 nitrogen and oxygen atoms in total. The van der Waals surface area contributed by atoms with Gasteiger partial charge < -0.3 is 5.32 Å². The number of likely N-dealkylation sites (tertiary alicyclic amines) is 1. The number of hydrogen-bond acceptors (Lipinski definition) is 4. The number of hydrogen-bond donors (Lipinski definition) is 1. The lowest BCUT2D eigenvalue weighted by Gasteiger charge is -2.31. The quantitative estimate of drug-likeness (QED) is 0.869. The van der Waals surface area contributed by atoms with E-state index in [4.69, 9.17) is 5.26 Å². The summed E-state index contributed by atoms with van der Waals surface area (Å²) >= 11 is 0. The molecule has 0 spiro atoms. The molecule has 1 aromatic rings. The minimum atomic E-state index is 0.512. The molecule has 18 heavy (non-hydrogen) atoms. The van der Waals surface area contributed by atoms with E-state index in [0.29, 0.717) is 5.69 Å². The largest absolute Gasteiger partial charge is 0.319 e. The van der Waals surface area contributed by atoms with E-state index >= 15 is 0 Å². The van der Waals surface area contributed by atoms with Gasteiger partial charge in [0.1, 0.15) is 11.8 Å². The molecule has 1 saturated heterocycles. The minimum Gasteiger partial charge on any atom is -0.319 e. The highest BCUT2D eigenvalue weighted by molar-refractivity contribution is 5.25. The molecule has 0 saturated carbocycles.